The average Bonchev–Trinajstić information content (AvgIpc) is 2.29. The number of carboxylic acids is 1. The minimum absolute atomic E-state index is 0.119. The first-order valence-corrected chi connectivity index (χ1v) is 5.07. The molecule has 0 atom stereocenters. The molecule has 2 aromatic carbocycles. The van der Waals surface area contributed by atoms with Crippen LogP contribution in [0.25, 0.3) is 11.1 Å². The maximum atomic E-state index is 11.2. The van der Waals surface area contributed by atoms with Crippen molar-refractivity contribution in [1.29, 1.82) is 0 Å². The van der Waals surface area contributed by atoms with Gasteiger partial charge in [-0.1, -0.05) is 30.3 Å². The minimum Gasteiger partial charge on any atom is -0.478 e. The van der Waals surface area contributed by atoms with E-state index in [0.717, 1.165) is 5.56 Å². The molecule has 0 amide bonds. The summed E-state index contributed by atoms with van der Waals surface area (Å²) in [7, 11) is 0. The maximum Gasteiger partial charge on any atom is 0.336 e. The molecular formula is C13H12N2O2. The first-order chi connectivity index (χ1) is 8.09. The molecule has 0 fully saturated rings. The fraction of sp³-hybridized carbons (Fsp3) is 0. The third-order valence-corrected chi connectivity index (χ3v) is 2.48. The van der Waals surface area contributed by atoms with Gasteiger partial charge in [0.1, 0.15) is 0 Å². The molecule has 0 aliphatic heterocycles. The van der Waals surface area contributed by atoms with Gasteiger partial charge >= 0.3 is 5.97 Å². The van der Waals surface area contributed by atoms with Crippen molar-refractivity contribution in [1.82, 2.24) is 0 Å². The van der Waals surface area contributed by atoms with E-state index in [4.69, 9.17) is 16.6 Å². The van der Waals surface area contributed by atoms with Gasteiger partial charge in [-0.3, -0.25) is 0 Å². The van der Waals surface area contributed by atoms with E-state index in [9.17, 15) is 4.79 Å². The Balaban J connectivity index is 2.72. The Kier molecular flexibility index (Phi) is 2.70. The van der Waals surface area contributed by atoms with Crippen molar-refractivity contribution in [3.63, 3.8) is 0 Å². The predicted molar refractivity (Wildman–Crippen MR) is 67.7 cm³/mol. The number of hydrogen-bond acceptors (Lipinski definition) is 3. The Morgan fingerprint density at radius 2 is 1.71 bits per heavy atom. The molecule has 0 aliphatic carbocycles. The molecule has 4 heteroatoms. The molecule has 0 bridgehead atoms. The molecule has 0 aromatic heterocycles. The lowest BCUT2D eigenvalue weighted by Gasteiger charge is -2.11. The standard InChI is InChI=1S/C13H12N2O2/c14-9-6-10(13(16)17)12(11(15)7-9)8-4-2-1-3-5-8/h1-7H,14-15H2,(H,16,17). The number of nitrogens with two attached hydrogens (primary N) is 2. The fourth-order valence-electron chi connectivity index (χ4n) is 1.78. The quantitative estimate of drug-likeness (QED) is 0.687. The highest BCUT2D eigenvalue weighted by atomic mass is 16.4. The van der Waals surface area contributed by atoms with Gasteiger partial charge in [0.15, 0.2) is 0 Å². The van der Waals surface area contributed by atoms with Crippen LogP contribution in [0.1, 0.15) is 10.4 Å². The number of carboxylic acid groups (broad SMARTS) is 1. The molecule has 0 radical (unpaired) electrons. The lowest BCUT2D eigenvalue weighted by molar-refractivity contribution is 0.0698. The fourth-order valence-corrected chi connectivity index (χ4v) is 1.78. The molecular weight excluding hydrogens is 216 g/mol. The topological polar surface area (TPSA) is 89.3 Å². The minimum atomic E-state index is -1.04. The van der Waals surface area contributed by atoms with Gasteiger partial charge in [0.25, 0.3) is 0 Å². The van der Waals surface area contributed by atoms with Crippen LogP contribution in [0.3, 0.4) is 0 Å². The molecule has 0 unspecified atom stereocenters. The van der Waals surface area contributed by atoms with Gasteiger partial charge in [-0.15, -0.1) is 0 Å². The number of aromatic carboxylic acids is 1. The van der Waals surface area contributed by atoms with E-state index in [1.807, 2.05) is 30.3 Å². The number of hydrogen-bond donors (Lipinski definition) is 3. The molecule has 4 nitrogen and oxygen atoms in total. The van der Waals surface area contributed by atoms with Crippen LogP contribution >= 0.6 is 0 Å². The van der Waals surface area contributed by atoms with Crippen molar-refractivity contribution in [2.75, 3.05) is 11.5 Å². The largest absolute Gasteiger partial charge is 0.478 e. The molecule has 0 spiro atoms. The first kappa shape index (κ1) is 11.0. The monoisotopic (exact) mass is 228 g/mol. The summed E-state index contributed by atoms with van der Waals surface area (Å²) in [4.78, 5) is 11.2. The van der Waals surface area contributed by atoms with Crippen LogP contribution in [0.15, 0.2) is 42.5 Å². The second-order valence-electron chi connectivity index (χ2n) is 3.70. The van der Waals surface area contributed by atoms with E-state index in [-0.39, 0.29) is 5.56 Å². The summed E-state index contributed by atoms with van der Waals surface area (Å²) in [5.74, 6) is -1.04. The van der Waals surface area contributed by atoms with E-state index in [1.54, 1.807) is 6.07 Å². The van der Waals surface area contributed by atoms with Crippen molar-refractivity contribution in [2.45, 2.75) is 0 Å². The van der Waals surface area contributed by atoms with Gasteiger partial charge in [-0.25, -0.2) is 4.79 Å². The van der Waals surface area contributed by atoms with Crippen molar-refractivity contribution in [3.05, 3.63) is 48.0 Å². The normalized spacial score (nSPS) is 10.1. The van der Waals surface area contributed by atoms with Crippen LogP contribution in [0.4, 0.5) is 11.4 Å². The van der Waals surface area contributed by atoms with E-state index >= 15 is 0 Å². The van der Waals surface area contributed by atoms with E-state index in [0.29, 0.717) is 16.9 Å². The zero-order valence-corrected chi connectivity index (χ0v) is 9.05. The van der Waals surface area contributed by atoms with Crippen LogP contribution in [-0.2, 0) is 0 Å². The smallest absolute Gasteiger partial charge is 0.336 e. The third-order valence-electron chi connectivity index (χ3n) is 2.48. The van der Waals surface area contributed by atoms with Crippen LogP contribution in [-0.4, -0.2) is 11.1 Å². The van der Waals surface area contributed by atoms with E-state index < -0.39 is 5.97 Å². The third kappa shape index (κ3) is 2.06. The number of nitrogen functional groups attached to an aromatic ring is 2. The van der Waals surface area contributed by atoms with E-state index in [1.165, 1.54) is 6.07 Å². The van der Waals surface area contributed by atoms with Gasteiger partial charge in [-0.05, 0) is 17.7 Å². The number of benzene rings is 2. The first-order valence-electron chi connectivity index (χ1n) is 5.07. The molecule has 0 saturated heterocycles. The van der Waals surface area contributed by atoms with Crippen molar-refractivity contribution in [2.24, 2.45) is 0 Å². The highest BCUT2D eigenvalue weighted by Crippen LogP contribution is 2.31. The van der Waals surface area contributed by atoms with Gasteiger partial charge in [0, 0.05) is 16.9 Å². The van der Waals surface area contributed by atoms with Crippen molar-refractivity contribution < 1.29 is 9.90 Å². The summed E-state index contributed by atoms with van der Waals surface area (Å²) in [6.45, 7) is 0. The summed E-state index contributed by atoms with van der Waals surface area (Å²) in [6, 6.07) is 12.1. The second-order valence-corrected chi connectivity index (χ2v) is 3.70. The van der Waals surface area contributed by atoms with Gasteiger partial charge in [-0.2, -0.15) is 0 Å². The van der Waals surface area contributed by atoms with E-state index in [2.05, 4.69) is 0 Å². The SMILES string of the molecule is Nc1cc(N)c(-c2ccccc2)c(C(=O)O)c1. The highest BCUT2D eigenvalue weighted by Gasteiger charge is 2.15. The zero-order chi connectivity index (χ0) is 12.4. The molecule has 0 heterocycles. The summed E-state index contributed by atoms with van der Waals surface area (Å²) in [5.41, 5.74) is 13.6. The summed E-state index contributed by atoms with van der Waals surface area (Å²) in [5, 5.41) is 9.16. The Morgan fingerprint density at radius 1 is 1.06 bits per heavy atom. The van der Waals surface area contributed by atoms with Gasteiger partial charge in [0.05, 0.1) is 5.56 Å². The summed E-state index contributed by atoms with van der Waals surface area (Å²) >= 11 is 0. The molecule has 17 heavy (non-hydrogen) atoms. The molecule has 0 saturated carbocycles. The number of carbonyl (C=O) groups is 1. The van der Waals surface area contributed by atoms with Crippen LogP contribution in [0.2, 0.25) is 0 Å². The lowest BCUT2D eigenvalue weighted by Crippen LogP contribution is -2.04. The van der Waals surface area contributed by atoms with Gasteiger partial charge < -0.3 is 16.6 Å². The van der Waals surface area contributed by atoms with Crippen LogP contribution < -0.4 is 11.5 Å². The Labute approximate surface area is 98.5 Å². The van der Waals surface area contributed by atoms with Crippen molar-refractivity contribution in [3.8, 4) is 11.1 Å². The maximum absolute atomic E-state index is 11.2. The Bertz CT molecular complexity index is 565. The molecule has 86 valence electrons. The Morgan fingerprint density at radius 3 is 2.29 bits per heavy atom. The zero-order valence-electron chi connectivity index (χ0n) is 9.05. The highest BCUT2D eigenvalue weighted by molar-refractivity contribution is 6.01. The van der Waals surface area contributed by atoms with Crippen LogP contribution in [0.5, 0.6) is 0 Å². The number of anilines is 2. The van der Waals surface area contributed by atoms with Gasteiger partial charge in [0.2, 0.25) is 0 Å². The second kappa shape index (κ2) is 4.17. The Hall–Kier alpha value is -2.49. The molecule has 2 aromatic rings. The average molecular weight is 228 g/mol. The van der Waals surface area contributed by atoms with Crippen molar-refractivity contribution >= 4 is 17.3 Å². The molecule has 5 N–H and O–H groups in total. The molecule has 0 aliphatic rings. The molecule has 2 rings (SSSR count). The summed E-state index contributed by atoms with van der Waals surface area (Å²) < 4.78 is 0. The number of rotatable bonds is 2. The lowest BCUT2D eigenvalue weighted by atomic mass is 9.97. The van der Waals surface area contributed by atoms with Crippen LogP contribution in [0, 0.1) is 0 Å². The predicted octanol–water partition coefficient (Wildman–Crippen LogP) is 2.22. The summed E-state index contributed by atoms with van der Waals surface area (Å²) in [6.07, 6.45) is 0.